The molecule has 1 fully saturated rings. The van der Waals surface area contributed by atoms with E-state index in [4.69, 9.17) is 23.2 Å². The summed E-state index contributed by atoms with van der Waals surface area (Å²) in [6.07, 6.45) is 0. The summed E-state index contributed by atoms with van der Waals surface area (Å²) in [4.78, 5) is 2.24. The van der Waals surface area contributed by atoms with Gasteiger partial charge in [-0.25, -0.2) is 17.5 Å². The molecule has 3 aromatic carbocycles. The van der Waals surface area contributed by atoms with Crippen LogP contribution in [-0.4, -0.2) is 32.4 Å². The highest BCUT2D eigenvalue weighted by molar-refractivity contribution is 7.89. The first-order valence-electron chi connectivity index (χ1n) is 9.35. The van der Waals surface area contributed by atoms with Crippen LogP contribution in [-0.2, 0) is 10.0 Å². The molecule has 0 spiro atoms. The number of hydrogen-bond acceptors (Lipinski definition) is 3. The van der Waals surface area contributed by atoms with Crippen LogP contribution in [0.15, 0.2) is 77.7 Å². The number of benzene rings is 3. The van der Waals surface area contributed by atoms with Crippen LogP contribution in [0.1, 0.15) is 17.2 Å². The summed E-state index contributed by atoms with van der Waals surface area (Å²) in [5, 5.41) is 1.31. The molecule has 0 unspecified atom stereocenters. The molecule has 8 heteroatoms. The van der Waals surface area contributed by atoms with Crippen molar-refractivity contribution in [2.45, 2.75) is 17.0 Å². The third-order valence-electron chi connectivity index (χ3n) is 5.09. The van der Waals surface area contributed by atoms with Gasteiger partial charge in [0.05, 0.1) is 10.9 Å². The van der Waals surface area contributed by atoms with Gasteiger partial charge in [-0.15, -0.1) is 0 Å². The van der Waals surface area contributed by atoms with E-state index in [0.29, 0.717) is 23.1 Å². The van der Waals surface area contributed by atoms with Crippen molar-refractivity contribution in [1.82, 2.24) is 9.62 Å². The molecular formula is C22H19Cl2FN2O2S. The Kier molecular flexibility index (Phi) is 6.14. The lowest BCUT2D eigenvalue weighted by atomic mass is 9.93. The van der Waals surface area contributed by atoms with Gasteiger partial charge >= 0.3 is 0 Å². The van der Waals surface area contributed by atoms with Gasteiger partial charge in [0, 0.05) is 29.2 Å². The summed E-state index contributed by atoms with van der Waals surface area (Å²) in [5.41, 5.74) is 2.11. The number of nitrogens with one attached hydrogen (secondary N) is 1. The second-order valence-electron chi connectivity index (χ2n) is 7.23. The SMILES string of the molecule is O=S(=O)(NC1CN(C(c2ccc(Cl)cc2)c2ccc(Cl)cc2)C1)c1ccc(F)cc1. The van der Waals surface area contributed by atoms with Gasteiger partial charge in [0.2, 0.25) is 10.0 Å². The van der Waals surface area contributed by atoms with Crippen molar-refractivity contribution in [2.24, 2.45) is 0 Å². The van der Waals surface area contributed by atoms with Gasteiger partial charge in [-0.05, 0) is 59.7 Å². The van der Waals surface area contributed by atoms with E-state index in [1.54, 1.807) is 0 Å². The number of hydrogen-bond donors (Lipinski definition) is 1. The van der Waals surface area contributed by atoms with Gasteiger partial charge in [-0.3, -0.25) is 4.90 Å². The minimum absolute atomic E-state index is 0.0499. The average molecular weight is 465 g/mol. The van der Waals surface area contributed by atoms with E-state index >= 15 is 0 Å². The first-order chi connectivity index (χ1) is 14.3. The van der Waals surface area contributed by atoms with Gasteiger partial charge in [-0.1, -0.05) is 47.5 Å². The molecule has 1 heterocycles. The molecule has 156 valence electrons. The van der Waals surface area contributed by atoms with Gasteiger partial charge in [0.15, 0.2) is 0 Å². The molecule has 3 aromatic rings. The van der Waals surface area contributed by atoms with Crippen molar-refractivity contribution in [3.05, 3.63) is 99.8 Å². The molecule has 30 heavy (non-hydrogen) atoms. The molecule has 0 atom stereocenters. The number of halogens is 3. The van der Waals surface area contributed by atoms with Crippen LogP contribution in [0.2, 0.25) is 10.0 Å². The maximum atomic E-state index is 13.1. The van der Waals surface area contributed by atoms with E-state index < -0.39 is 15.8 Å². The van der Waals surface area contributed by atoms with Crippen molar-refractivity contribution in [2.75, 3.05) is 13.1 Å². The molecule has 0 bridgehead atoms. The Morgan fingerprint density at radius 2 is 1.30 bits per heavy atom. The zero-order valence-corrected chi connectivity index (χ0v) is 18.1. The highest BCUT2D eigenvalue weighted by Crippen LogP contribution is 2.34. The van der Waals surface area contributed by atoms with Crippen LogP contribution in [0.4, 0.5) is 4.39 Å². The van der Waals surface area contributed by atoms with E-state index in [-0.39, 0.29) is 17.0 Å². The zero-order chi connectivity index (χ0) is 21.3. The predicted molar refractivity (Wildman–Crippen MR) is 117 cm³/mol. The fraction of sp³-hybridized carbons (Fsp3) is 0.182. The molecule has 0 aromatic heterocycles. The molecule has 0 saturated carbocycles. The van der Waals surface area contributed by atoms with Crippen molar-refractivity contribution in [3.8, 4) is 0 Å². The van der Waals surface area contributed by atoms with Crippen LogP contribution in [0, 0.1) is 5.82 Å². The molecule has 0 aliphatic carbocycles. The van der Waals surface area contributed by atoms with Crippen molar-refractivity contribution < 1.29 is 12.8 Å². The van der Waals surface area contributed by atoms with E-state index in [9.17, 15) is 12.8 Å². The highest BCUT2D eigenvalue weighted by atomic mass is 35.5. The Morgan fingerprint density at radius 3 is 1.77 bits per heavy atom. The molecule has 4 nitrogen and oxygen atoms in total. The summed E-state index contributed by atoms with van der Waals surface area (Å²) >= 11 is 12.1. The monoisotopic (exact) mass is 464 g/mol. The standard InChI is InChI=1S/C22H19Cl2FN2O2S/c23-17-5-1-15(2-6-17)22(16-3-7-18(24)8-4-16)27-13-20(14-27)26-30(28,29)21-11-9-19(25)10-12-21/h1-12,20,22,26H,13-14H2. The summed E-state index contributed by atoms with van der Waals surface area (Å²) in [5.74, 6) is -0.474. The fourth-order valence-electron chi connectivity index (χ4n) is 3.60. The smallest absolute Gasteiger partial charge is 0.240 e. The summed E-state index contributed by atoms with van der Waals surface area (Å²) < 4.78 is 40.9. The normalized spacial score (nSPS) is 15.3. The molecule has 4 rings (SSSR count). The Labute approximate surface area is 185 Å². The number of rotatable bonds is 6. The van der Waals surface area contributed by atoms with Crippen molar-refractivity contribution in [3.63, 3.8) is 0 Å². The van der Waals surface area contributed by atoms with Gasteiger partial charge in [0.1, 0.15) is 5.82 Å². The maximum Gasteiger partial charge on any atom is 0.240 e. The summed E-state index contributed by atoms with van der Waals surface area (Å²) in [6, 6.07) is 19.8. The maximum absolute atomic E-state index is 13.1. The third kappa shape index (κ3) is 4.68. The number of likely N-dealkylation sites (tertiary alicyclic amines) is 1. The first kappa shape index (κ1) is 21.3. The second-order valence-corrected chi connectivity index (χ2v) is 9.82. The Hall–Kier alpha value is -1.96. The lowest BCUT2D eigenvalue weighted by molar-refractivity contribution is 0.105. The van der Waals surface area contributed by atoms with Crippen LogP contribution in [0.3, 0.4) is 0 Å². The minimum atomic E-state index is -3.70. The van der Waals surface area contributed by atoms with Gasteiger partial charge in [-0.2, -0.15) is 0 Å². The molecular weight excluding hydrogens is 446 g/mol. The third-order valence-corrected chi connectivity index (χ3v) is 7.13. The largest absolute Gasteiger partial charge is 0.289 e. The Balaban J connectivity index is 1.51. The molecule has 0 amide bonds. The zero-order valence-electron chi connectivity index (χ0n) is 15.8. The predicted octanol–water partition coefficient (Wildman–Crippen LogP) is 4.88. The molecule has 1 aliphatic rings. The second kappa shape index (κ2) is 8.65. The lowest BCUT2D eigenvalue weighted by Crippen LogP contribution is -2.60. The van der Waals surface area contributed by atoms with Crippen molar-refractivity contribution >= 4 is 33.2 Å². The van der Waals surface area contributed by atoms with Crippen molar-refractivity contribution in [1.29, 1.82) is 0 Å². The van der Waals surface area contributed by atoms with Crippen LogP contribution in [0.25, 0.3) is 0 Å². The summed E-state index contributed by atoms with van der Waals surface area (Å²) in [7, 11) is -3.70. The van der Waals surface area contributed by atoms with Crippen LogP contribution < -0.4 is 4.72 Å². The lowest BCUT2D eigenvalue weighted by Gasteiger charge is -2.44. The number of nitrogens with zero attached hydrogens (tertiary/aromatic N) is 1. The highest BCUT2D eigenvalue weighted by Gasteiger charge is 2.36. The van der Waals surface area contributed by atoms with E-state index in [1.165, 1.54) is 12.1 Å². The molecule has 1 N–H and O–H groups in total. The van der Waals surface area contributed by atoms with E-state index in [1.807, 2.05) is 48.5 Å². The van der Waals surface area contributed by atoms with Gasteiger partial charge in [0.25, 0.3) is 0 Å². The quantitative estimate of drug-likeness (QED) is 0.565. The molecule has 1 aliphatic heterocycles. The average Bonchev–Trinajstić information content (AvgIpc) is 2.69. The Morgan fingerprint density at radius 1 is 0.833 bits per heavy atom. The molecule has 1 saturated heterocycles. The van der Waals surface area contributed by atoms with Crippen LogP contribution in [0.5, 0.6) is 0 Å². The van der Waals surface area contributed by atoms with Gasteiger partial charge < -0.3 is 0 Å². The minimum Gasteiger partial charge on any atom is -0.289 e. The summed E-state index contributed by atoms with van der Waals surface area (Å²) in [6.45, 7) is 1.08. The first-order valence-corrected chi connectivity index (χ1v) is 11.6. The fourth-order valence-corrected chi connectivity index (χ4v) is 5.07. The molecule has 0 radical (unpaired) electrons. The topological polar surface area (TPSA) is 49.4 Å². The Bertz CT molecular complexity index is 1070. The van der Waals surface area contributed by atoms with Crippen LogP contribution >= 0.6 is 23.2 Å². The van der Waals surface area contributed by atoms with E-state index in [0.717, 1.165) is 23.3 Å². The number of sulfonamides is 1. The van der Waals surface area contributed by atoms with E-state index in [2.05, 4.69) is 9.62 Å².